The largest absolute Gasteiger partial charge is 0.545 e. The molecule has 7 heteroatoms. The van der Waals surface area contributed by atoms with E-state index in [-0.39, 0.29) is 28.2 Å². The minimum atomic E-state index is -1.89. The summed E-state index contributed by atoms with van der Waals surface area (Å²) >= 11 is 0. The molecule has 0 spiro atoms. The molecule has 4 aliphatic carbocycles. The Morgan fingerprint density at radius 1 is 0.919 bits per heavy atom. The van der Waals surface area contributed by atoms with Gasteiger partial charge in [-0.1, -0.05) is 13.8 Å². The Morgan fingerprint density at radius 3 is 2.08 bits per heavy atom. The maximum absolute atomic E-state index is 13.2. The fourth-order valence-corrected chi connectivity index (χ4v) is 11.5. The standard InChI is InChI=1S/C30H50O5Si2/c1-20(31)30(33-21(2)32)17-14-25-23-19-29(5,35-37(9,10)11)26-18-22(34-36(6,7)8)12-15-27(26,3)24(23)13-16-28(25,30)4/h12,18,23-25H,13-17,19H2,1-11H3. The van der Waals surface area contributed by atoms with Gasteiger partial charge in [-0.2, -0.15) is 0 Å². The summed E-state index contributed by atoms with van der Waals surface area (Å²) in [6.45, 7) is 23.6. The molecule has 208 valence electrons. The van der Waals surface area contributed by atoms with Crippen molar-refractivity contribution in [1.29, 1.82) is 0 Å². The van der Waals surface area contributed by atoms with Crippen LogP contribution in [0.4, 0.5) is 0 Å². The van der Waals surface area contributed by atoms with E-state index in [2.05, 4.69) is 72.2 Å². The van der Waals surface area contributed by atoms with E-state index < -0.39 is 22.2 Å². The Morgan fingerprint density at radius 2 is 1.54 bits per heavy atom. The van der Waals surface area contributed by atoms with Crippen LogP contribution in [0.3, 0.4) is 0 Å². The van der Waals surface area contributed by atoms with E-state index in [0.717, 1.165) is 37.9 Å². The molecule has 3 fully saturated rings. The summed E-state index contributed by atoms with van der Waals surface area (Å²) in [5, 5.41) is 0. The molecule has 7 atom stereocenters. The Balaban J connectivity index is 1.79. The van der Waals surface area contributed by atoms with Gasteiger partial charge < -0.3 is 13.6 Å². The lowest BCUT2D eigenvalue weighted by Gasteiger charge is -2.63. The summed E-state index contributed by atoms with van der Waals surface area (Å²) in [5.74, 6) is 1.90. The Bertz CT molecular complexity index is 1040. The molecule has 5 nitrogen and oxygen atoms in total. The molecule has 0 heterocycles. The number of rotatable bonds is 6. The average molecular weight is 547 g/mol. The van der Waals surface area contributed by atoms with Gasteiger partial charge in [0.05, 0.1) is 11.4 Å². The molecule has 37 heavy (non-hydrogen) atoms. The van der Waals surface area contributed by atoms with Crippen LogP contribution in [-0.4, -0.2) is 39.6 Å². The minimum absolute atomic E-state index is 0.00334. The van der Waals surface area contributed by atoms with Crippen molar-refractivity contribution >= 4 is 28.4 Å². The van der Waals surface area contributed by atoms with Crippen molar-refractivity contribution in [3.63, 3.8) is 0 Å². The van der Waals surface area contributed by atoms with E-state index in [1.54, 1.807) is 6.92 Å². The van der Waals surface area contributed by atoms with Gasteiger partial charge in [-0.3, -0.25) is 9.59 Å². The number of ether oxygens (including phenoxy) is 1. The third-order valence-electron chi connectivity index (χ3n) is 10.0. The second kappa shape index (κ2) is 8.92. The third kappa shape index (κ3) is 4.75. The zero-order chi connectivity index (χ0) is 27.8. The SMILES string of the molecule is CC(=O)OC1(C(C)=O)CCC2C3CC(C)(O[Si](C)(C)C)C4=CC(O[Si](C)(C)C)=CCC4(C)C3CCC21C. The number of ketones is 1. The molecule has 0 N–H and O–H groups in total. The Kier molecular flexibility index (Phi) is 6.94. The maximum Gasteiger partial charge on any atom is 0.303 e. The summed E-state index contributed by atoms with van der Waals surface area (Å²) in [6.07, 6.45) is 10.0. The predicted octanol–water partition coefficient (Wildman–Crippen LogP) is 7.41. The fourth-order valence-electron chi connectivity index (χ4n) is 9.08. The van der Waals surface area contributed by atoms with Gasteiger partial charge in [0.2, 0.25) is 8.32 Å². The van der Waals surface area contributed by atoms with Crippen LogP contribution in [0.5, 0.6) is 0 Å². The van der Waals surface area contributed by atoms with Crippen LogP contribution in [0.25, 0.3) is 0 Å². The van der Waals surface area contributed by atoms with Crippen molar-refractivity contribution in [3.8, 4) is 0 Å². The molecule has 3 saturated carbocycles. The maximum atomic E-state index is 13.2. The van der Waals surface area contributed by atoms with Gasteiger partial charge >= 0.3 is 5.97 Å². The highest BCUT2D eigenvalue weighted by Crippen LogP contribution is 2.70. The number of carbonyl (C=O) groups is 2. The van der Waals surface area contributed by atoms with Crippen LogP contribution in [0.2, 0.25) is 39.3 Å². The monoisotopic (exact) mass is 546 g/mol. The second-order valence-electron chi connectivity index (χ2n) is 15.0. The molecule has 0 aromatic carbocycles. The van der Waals surface area contributed by atoms with Gasteiger partial charge in [-0.15, -0.1) is 0 Å². The normalized spacial score (nSPS) is 41.5. The summed E-state index contributed by atoms with van der Waals surface area (Å²) in [5.41, 5.74) is -0.358. The third-order valence-corrected chi connectivity index (χ3v) is 12.0. The molecular weight excluding hydrogens is 496 g/mol. The Labute approximate surface area is 227 Å². The van der Waals surface area contributed by atoms with Crippen molar-refractivity contribution in [2.75, 3.05) is 0 Å². The van der Waals surface area contributed by atoms with E-state index in [1.807, 2.05) is 0 Å². The van der Waals surface area contributed by atoms with Gasteiger partial charge in [-0.25, -0.2) is 0 Å². The molecule has 0 aromatic heterocycles. The predicted molar refractivity (Wildman–Crippen MR) is 153 cm³/mol. The topological polar surface area (TPSA) is 61.8 Å². The smallest absolute Gasteiger partial charge is 0.303 e. The highest BCUT2D eigenvalue weighted by atomic mass is 28.4. The zero-order valence-electron chi connectivity index (χ0n) is 25.2. The number of hydrogen-bond acceptors (Lipinski definition) is 5. The van der Waals surface area contributed by atoms with Crippen molar-refractivity contribution in [2.24, 2.45) is 28.6 Å². The molecule has 7 unspecified atom stereocenters. The van der Waals surface area contributed by atoms with Crippen LogP contribution in [0, 0.1) is 28.6 Å². The van der Waals surface area contributed by atoms with Crippen LogP contribution in [0.1, 0.15) is 73.1 Å². The summed E-state index contributed by atoms with van der Waals surface area (Å²) in [6, 6.07) is 0. The Hall–Kier alpha value is -1.19. The quantitative estimate of drug-likeness (QED) is 0.256. The van der Waals surface area contributed by atoms with Crippen LogP contribution >= 0.6 is 0 Å². The summed E-state index contributed by atoms with van der Waals surface area (Å²) < 4.78 is 19.6. The van der Waals surface area contributed by atoms with E-state index in [0.29, 0.717) is 24.2 Å². The lowest BCUT2D eigenvalue weighted by Crippen LogP contribution is -2.62. The van der Waals surface area contributed by atoms with Gasteiger partial charge in [-0.05, 0) is 133 Å². The first kappa shape index (κ1) is 28.8. The van der Waals surface area contributed by atoms with Crippen LogP contribution in [0.15, 0.2) is 23.5 Å². The first-order valence-corrected chi connectivity index (χ1v) is 21.1. The van der Waals surface area contributed by atoms with Crippen LogP contribution < -0.4 is 0 Å². The van der Waals surface area contributed by atoms with E-state index in [9.17, 15) is 9.59 Å². The highest BCUT2D eigenvalue weighted by Gasteiger charge is 2.69. The molecule has 0 aliphatic heterocycles. The minimum Gasteiger partial charge on any atom is -0.545 e. The number of hydrogen-bond donors (Lipinski definition) is 0. The molecule has 4 aliphatic rings. The molecule has 0 amide bonds. The molecule has 4 rings (SSSR count). The second-order valence-corrected chi connectivity index (χ2v) is 23.9. The van der Waals surface area contributed by atoms with Gasteiger partial charge in [0.1, 0.15) is 0 Å². The number of Topliss-reactive ketones (excluding diaryl/α,β-unsaturated/α-hetero) is 1. The van der Waals surface area contributed by atoms with Gasteiger partial charge in [0, 0.05) is 12.3 Å². The summed E-state index contributed by atoms with van der Waals surface area (Å²) in [7, 11) is -3.63. The molecular formula is C30H50O5Si2. The zero-order valence-corrected chi connectivity index (χ0v) is 27.2. The lowest BCUT2D eigenvalue weighted by molar-refractivity contribution is -0.189. The highest BCUT2D eigenvalue weighted by molar-refractivity contribution is 6.70. The van der Waals surface area contributed by atoms with Crippen molar-refractivity contribution in [1.82, 2.24) is 0 Å². The number of fused-ring (bicyclic) bond motifs is 5. The van der Waals surface area contributed by atoms with Gasteiger partial charge in [0.25, 0.3) is 0 Å². The lowest BCUT2D eigenvalue weighted by atomic mass is 9.44. The fraction of sp³-hybridized carbons (Fsp3) is 0.800. The van der Waals surface area contributed by atoms with Crippen molar-refractivity contribution in [3.05, 3.63) is 23.5 Å². The van der Waals surface area contributed by atoms with E-state index >= 15 is 0 Å². The first-order valence-electron chi connectivity index (χ1n) is 14.3. The van der Waals surface area contributed by atoms with E-state index in [1.165, 1.54) is 12.5 Å². The van der Waals surface area contributed by atoms with Crippen molar-refractivity contribution in [2.45, 2.75) is 124 Å². The molecule has 0 bridgehead atoms. The first-order chi connectivity index (χ1) is 16.8. The van der Waals surface area contributed by atoms with Crippen molar-refractivity contribution < 1.29 is 23.2 Å². The molecule has 0 saturated heterocycles. The van der Waals surface area contributed by atoms with E-state index in [4.69, 9.17) is 13.6 Å². The molecule has 0 radical (unpaired) electrons. The van der Waals surface area contributed by atoms with Crippen LogP contribution in [-0.2, 0) is 23.2 Å². The number of allylic oxidation sites excluding steroid dienone is 2. The molecule has 0 aromatic rings. The summed E-state index contributed by atoms with van der Waals surface area (Å²) in [4.78, 5) is 25.4. The van der Waals surface area contributed by atoms with Gasteiger partial charge in [0.15, 0.2) is 19.7 Å². The average Bonchev–Trinajstić information content (AvgIpc) is 3.00. The number of carbonyl (C=O) groups excluding carboxylic acids is 2. The number of esters is 1.